The van der Waals surface area contributed by atoms with Gasteiger partial charge in [-0.2, -0.15) is 0 Å². The van der Waals surface area contributed by atoms with Crippen molar-refractivity contribution >= 4 is 27.3 Å². The Morgan fingerprint density at radius 2 is 1.64 bits per heavy atom. The third-order valence-corrected chi connectivity index (χ3v) is 5.89. The lowest BCUT2D eigenvalue weighted by molar-refractivity contribution is -0.116. The van der Waals surface area contributed by atoms with Crippen molar-refractivity contribution in [1.29, 1.82) is 0 Å². The number of likely N-dealkylation sites (N-methyl/N-ethyl adjacent to an activating group) is 1. The molecule has 1 aromatic heterocycles. The number of rotatable bonds is 6. The maximum Gasteiger partial charge on any atom is 0.266 e. The lowest BCUT2D eigenvalue weighted by Crippen LogP contribution is -2.41. The summed E-state index contributed by atoms with van der Waals surface area (Å²) in [5.41, 5.74) is 0.811. The molecule has 3 aromatic rings. The van der Waals surface area contributed by atoms with E-state index >= 15 is 0 Å². The number of aromatic nitrogens is 1. The molecule has 2 aromatic carbocycles. The zero-order valence-corrected chi connectivity index (χ0v) is 15.9. The Hall–Kier alpha value is -3.26. The number of benzene rings is 2. The quantitative estimate of drug-likeness (QED) is 0.639. The van der Waals surface area contributed by atoms with Gasteiger partial charge in [-0.3, -0.25) is 14.1 Å². The van der Waals surface area contributed by atoms with Gasteiger partial charge in [0, 0.05) is 25.1 Å². The topological polar surface area (TPSA) is 70.6 Å². The summed E-state index contributed by atoms with van der Waals surface area (Å²) in [4.78, 5) is 18.0. The van der Waals surface area contributed by atoms with Gasteiger partial charge in [0.1, 0.15) is 17.3 Å². The molecular formula is C20H18FN3O3S. The van der Waals surface area contributed by atoms with Crippen molar-refractivity contribution < 1.29 is 17.6 Å². The highest BCUT2D eigenvalue weighted by molar-refractivity contribution is 7.92. The van der Waals surface area contributed by atoms with Crippen LogP contribution >= 0.6 is 0 Å². The van der Waals surface area contributed by atoms with Crippen LogP contribution in [0.4, 0.5) is 15.8 Å². The van der Waals surface area contributed by atoms with Gasteiger partial charge in [-0.25, -0.2) is 12.8 Å². The fraction of sp³-hybridized carbons (Fsp3) is 0.100. The lowest BCUT2D eigenvalue weighted by atomic mass is 10.3. The first-order chi connectivity index (χ1) is 13.4. The van der Waals surface area contributed by atoms with Crippen molar-refractivity contribution in [2.45, 2.75) is 4.90 Å². The highest BCUT2D eigenvalue weighted by Crippen LogP contribution is 2.24. The molecule has 0 aliphatic rings. The minimum absolute atomic E-state index is 0.0607. The molecule has 0 spiro atoms. The third-order valence-electron chi connectivity index (χ3n) is 4.13. The van der Waals surface area contributed by atoms with Crippen molar-refractivity contribution in [2.75, 3.05) is 22.8 Å². The van der Waals surface area contributed by atoms with Crippen LogP contribution in [0.5, 0.6) is 0 Å². The molecule has 3 rings (SSSR count). The average Bonchev–Trinajstić information content (AvgIpc) is 2.73. The van der Waals surface area contributed by atoms with Crippen molar-refractivity contribution in [3.05, 3.63) is 84.9 Å². The maximum atomic E-state index is 13.3. The molecule has 0 saturated heterocycles. The second kappa shape index (κ2) is 8.18. The van der Waals surface area contributed by atoms with Gasteiger partial charge in [0.05, 0.1) is 5.69 Å². The standard InChI is InChI=1S/C20H18FN3O3S/c1-23(17-6-3-2-4-7-17)20(25)15-24(18-11-9-16(21)10-12-18)28(26,27)19-8-5-13-22-14-19/h2-14H,15H2,1H3. The summed E-state index contributed by atoms with van der Waals surface area (Å²) in [7, 11) is -2.51. The fourth-order valence-electron chi connectivity index (χ4n) is 2.57. The van der Waals surface area contributed by atoms with E-state index in [-0.39, 0.29) is 10.6 Å². The van der Waals surface area contributed by atoms with Crippen molar-refractivity contribution in [2.24, 2.45) is 0 Å². The molecule has 6 nitrogen and oxygen atoms in total. The zero-order chi connectivity index (χ0) is 20.1. The first-order valence-electron chi connectivity index (χ1n) is 8.39. The molecule has 1 heterocycles. The molecule has 144 valence electrons. The number of sulfonamides is 1. The smallest absolute Gasteiger partial charge is 0.266 e. The molecule has 0 saturated carbocycles. The SMILES string of the molecule is CN(C(=O)CN(c1ccc(F)cc1)S(=O)(=O)c1cccnc1)c1ccccc1. The Balaban J connectivity index is 1.97. The molecule has 0 N–H and O–H groups in total. The number of hydrogen-bond acceptors (Lipinski definition) is 4. The van der Waals surface area contributed by atoms with E-state index in [9.17, 15) is 17.6 Å². The van der Waals surface area contributed by atoms with Gasteiger partial charge < -0.3 is 4.90 Å². The van der Waals surface area contributed by atoms with Crippen LogP contribution in [-0.4, -0.2) is 32.9 Å². The molecule has 28 heavy (non-hydrogen) atoms. The number of carbonyl (C=O) groups excluding carboxylic acids is 1. The predicted molar refractivity (Wildman–Crippen MR) is 105 cm³/mol. The normalized spacial score (nSPS) is 11.1. The second-order valence-corrected chi connectivity index (χ2v) is 7.83. The van der Waals surface area contributed by atoms with Gasteiger partial charge in [0.2, 0.25) is 5.91 Å². The Morgan fingerprint density at radius 3 is 2.25 bits per heavy atom. The van der Waals surface area contributed by atoms with Crippen molar-refractivity contribution in [3.63, 3.8) is 0 Å². The van der Waals surface area contributed by atoms with Crippen molar-refractivity contribution in [3.8, 4) is 0 Å². The first-order valence-corrected chi connectivity index (χ1v) is 9.83. The largest absolute Gasteiger partial charge is 0.314 e. The van der Waals surface area contributed by atoms with Crippen LogP contribution in [0.3, 0.4) is 0 Å². The summed E-state index contributed by atoms with van der Waals surface area (Å²) < 4.78 is 40.5. The molecule has 0 bridgehead atoms. The molecule has 0 fully saturated rings. The molecule has 0 aliphatic heterocycles. The Morgan fingerprint density at radius 1 is 0.964 bits per heavy atom. The van der Waals surface area contributed by atoms with Crippen LogP contribution < -0.4 is 9.21 Å². The predicted octanol–water partition coefficient (Wildman–Crippen LogP) is 3.08. The molecule has 0 radical (unpaired) electrons. The van der Waals surface area contributed by atoms with E-state index in [2.05, 4.69) is 4.98 Å². The van der Waals surface area contributed by atoms with Gasteiger partial charge in [-0.1, -0.05) is 18.2 Å². The second-order valence-electron chi connectivity index (χ2n) is 5.97. The van der Waals surface area contributed by atoms with Gasteiger partial charge in [-0.05, 0) is 48.5 Å². The number of nitrogens with zero attached hydrogens (tertiary/aromatic N) is 3. The van der Waals surface area contributed by atoms with Crippen LogP contribution in [0.15, 0.2) is 84.0 Å². The van der Waals surface area contributed by atoms with Crippen LogP contribution in [0, 0.1) is 5.82 Å². The van der Waals surface area contributed by atoms with E-state index in [1.165, 1.54) is 41.6 Å². The lowest BCUT2D eigenvalue weighted by Gasteiger charge is -2.26. The maximum absolute atomic E-state index is 13.3. The monoisotopic (exact) mass is 399 g/mol. The van der Waals surface area contributed by atoms with Crippen LogP contribution in [-0.2, 0) is 14.8 Å². The number of anilines is 2. The summed E-state index contributed by atoms with van der Waals surface area (Å²) in [5.74, 6) is -0.946. The summed E-state index contributed by atoms with van der Waals surface area (Å²) in [6, 6.07) is 16.7. The average molecular weight is 399 g/mol. The van der Waals surface area contributed by atoms with E-state index in [1.54, 1.807) is 31.3 Å². The number of amides is 1. The molecule has 0 aliphatic carbocycles. The summed E-state index contributed by atoms with van der Waals surface area (Å²) in [6.07, 6.45) is 2.66. The third kappa shape index (κ3) is 4.17. The molecule has 0 unspecified atom stereocenters. The number of halogens is 1. The van der Waals surface area contributed by atoms with E-state index in [0.29, 0.717) is 5.69 Å². The molecule has 8 heteroatoms. The minimum Gasteiger partial charge on any atom is -0.314 e. The van der Waals surface area contributed by atoms with Crippen LogP contribution in [0.1, 0.15) is 0 Å². The number of para-hydroxylation sites is 1. The number of hydrogen-bond donors (Lipinski definition) is 0. The zero-order valence-electron chi connectivity index (χ0n) is 15.1. The summed E-state index contributed by atoms with van der Waals surface area (Å²) >= 11 is 0. The summed E-state index contributed by atoms with van der Waals surface area (Å²) in [5, 5.41) is 0. The number of carbonyl (C=O) groups is 1. The van der Waals surface area contributed by atoms with Gasteiger partial charge in [0.15, 0.2) is 0 Å². The van der Waals surface area contributed by atoms with Crippen LogP contribution in [0.2, 0.25) is 0 Å². The minimum atomic E-state index is -4.08. The molecular weight excluding hydrogens is 381 g/mol. The van der Waals surface area contributed by atoms with Gasteiger partial charge >= 0.3 is 0 Å². The summed E-state index contributed by atoms with van der Waals surface area (Å²) in [6.45, 7) is -0.450. The molecule has 1 amide bonds. The van der Waals surface area contributed by atoms with Gasteiger partial charge in [0.25, 0.3) is 10.0 Å². The Bertz CT molecular complexity index is 1040. The van der Waals surface area contributed by atoms with Crippen LogP contribution in [0.25, 0.3) is 0 Å². The van der Waals surface area contributed by atoms with E-state index in [1.807, 2.05) is 6.07 Å². The van der Waals surface area contributed by atoms with E-state index < -0.39 is 28.3 Å². The first kappa shape index (κ1) is 19.5. The van der Waals surface area contributed by atoms with Gasteiger partial charge in [-0.15, -0.1) is 0 Å². The van der Waals surface area contributed by atoms with E-state index in [0.717, 1.165) is 16.4 Å². The van der Waals surface area contributed by atoms with Crippen molar-refractivity contribution in [1.82, 2.24) is 4.98 Å². The van der Waals surface area contributed by atoms with E-state index in [4.69, 9.17) is 0 Å². The number of pyridine rings is 1. The highest BCUT2D eigenvalue weighted by Gasteiger charge is 2.28. The molecule has 0 atom stereocenters. The Labute approximate surface area is 162 Å². The Kier molecular flexibility index (Phi) is 5.70. The highest BCUT2D eigenvalue weighted by atomic mass is 32.2. The fourth-order valence-corrected chi connectivity index (χ4v) is 3.95.